The van der Waals surface area contributed by atoms with Gasteiger partial charge in [0.2, 0.25) is 0 Å². The quantitative estimate of drug-likeness (QED) is 0.863. The van der Waals surface area contributed by atoms with Gasteiger partial charge in [-0.1, -0.05) is 31.4 Å². The number of nitrogens with two attached hydrogens (primary N) is 1. The van der Waals surface area contributed by atoms with Gasteiger partial charge in [0.25, 0.3) is 0 Å². The van der Waals surface area contributed by atoms with E-state index in [9.17, 15) is 0 Å². The van der Waals surface area contributed by atoms with Gasteiger partial charge in [-0.2, -0.15) is 0 Å². The number of hydrogen-bond donors (Lipinski definition) is 1. The van der Waals surface area contributed by atoms with Crippen molar-refractivity contribution in [1.82, 2.24) is 0 Å². The Morgan fingerprint density at radius 1 is 1.17 bits per heavy atom. The lowest BCUT2D eigenvalue weighted by molar-refractivity contribution is 0.209. The van der Waals surface area contributed by atoms with Crippen molar-refractivity contribution < 1.29 is 4.74 Å². The molecule has 2 nitrogen and oxygen atoms in total. The van der Waals surface area contributed by atoms with Gasteiger partial charge in [-0.05, 0) is 49.8 Å². The van der Waals surface area contributed by atoms with Crippen molar-refractivity contribution in [3.8, 4) is 5.75 Å². The number of hydrogen-bond acceptors (Lipinski definition) is 2. The molecule has 0 heterocycles. The first kappa shape index (κ1) is 13.4. The molecule has 1 aliphatic carbocycles. The highest BCUT2D eigenvalue weighted by atomic mass is 16.5. The molecule has 100 valence electrons. The van der Waals surface area contributed by atoms with E-state index in [4.69, 9.17) is 10.5 Å². The Bertz CT molecular complexity index is 339. The second-order valence-electron chi connectivity index (χ2n) is 5.64. The van der Waals surface area contributed by atoms with Crippen LogP contribution in [-0.2, 0) is 6.42 Å². The molecule has 1 atom stereocenters. The van der Waals surface area contributed by atoms with Crippen LogP contribution in [0.4, 0.5) is 0 Å². The highest BCUT2D eigenvalue weighted by molar-refractivity contribution is 5.27. The smallest absolute Gasteiger partial charge is 0.119 e. The highest BCUT2D eigenvalue weighted by Crippen LogP contribution is 2.24. The minimum absolute atomic E-state index is 0.221. The van der Waals surface area contributed by atoms with Gasteiger partial charge in [0.05, 0.1) is 6.61 Å². The van der Waals surface area contributed by atoms with Crippen LogP contribution in [0.2, 0.25) is 0 Å². The Morgan fingerprint density at radius 3 is 2.44 bits per heavy atom. The summed E-state index contributed by atoms with van der Waals surface area (Å²) in [7, 11) is 0. The van der Waals surface area contributed by atoms with Crippen LogP contribution in [0.1, 0.15) is 44.6 Å². The Labute approximate surface area is 111 Å². The van der Waals surface area contributed by atoms with Crippen LogP contribution in [0.5, 0.6) is 5.75 Å². The maximum Gasteiger partial charge on any atom is 0.119 e. The molecule has 1 aromatic rings. The molecule has 0 bridgehead atoms. The molecule has 1 aromatic carbocycles. The molecule has 0 spiro atoms. The van der Waals surface area contributed by atoms with E-state index >= 15 is 0 Å². The number of rotatable bonds is 5. The third-order valence-electron chi connectivity index (χ3n) is 3.69. The fourth-order valence-corrected chi connectivity index (χ4v) is 2.66. The molecule has 1 aliphatic rings. The van der Waals surface area contributed by atoms with Crippen LogP contribution in [-0.4, -0.2) is 12.6 Å². The molecule has 0 radical (unpaired) electrons. The fourth-order valence-electron chi connectivity index (χ4n) is 2.66. The second kappa shape index (κ2) is 6.79. The van der Waals surface area contributed by atoms with Gasteiger partial charge in [-0.25, -0.2) is 0 Å². The van der Waals surface area contributed by atoms with Crippen molar-refractivity contribution >= 4 is 0 Å². The van der Waals surface area contributed by atoms with Gasteiger partial charge in [0, 0.05) is 6.04 Å². The lowest BCUT2D eigenvalue weighted by Crippen LogP contribution is -2.17. The van der Waals surface area contributed by atoms with E-state index in [0.717, 1.165) is 24.7 Å². The number of ether oxygens (including phenoxy) is 1. The summed E-state index contributed by atoms with van der Waals surface area (Å²) in [6.07, 6.45) is 7.76. The SMILES string of the molecule is CC(N)Cc1ccc(OCC2CCCCC2)cc1. The first-order chi connectivity index (χ1) is 8.74. The first-order valence-electron chi connectivity index (χ1n) is 7.21. The lowest BCUT2D eigenvalue weighted by atomic mass is 9.90. The number of benzene rings is 1. The van der Waals surface area contributed by atoms with Crippen LogP contribution in [0, 0.1) is 5.92 Å². The minimum Gasteiger partial charge on any atom is -0.493 e. The highest BCUT2D eigenvalue weighted by Gasteiger charge is 2.13. The molecule has 1 saturated carbocycles. The van der Waals surface area contributed by atoms with Crippen molar-refractivity contribution in [3.05, 3.63) is 29.8 Å². The van der Waals surface area contributed by atoms with Gasteiger partial charge >= 0.3 is 0 Å². The van der Waals surface area contributed by atoms with E-state index in [-0.39, 0.29) is 6.04 Å². The third kappa shape index (κ3) is 4.34. The van der Waals surface area contributed by atoms with Crippen molar-refractivity contribution in [3.63, 3.8) is 0 Å². The van der Waals surface area contributed by atoms with Crippen molar-refractivity contribution in [1.29, 1.82) is 0 Å². The molecule has 1 unspecified atom stereocenters. The van der Waals surface area contributed by atoms with Gasteiger partial charge in [-0.3, -0.25) is 0 Å². The molecule has 0 aromatic heterocycles. The zero-order chi connectivity index (χ0) is 12.8. The molecule has 18 heavy (non-hydrogen) atoms. The van der Waals surface area contributed by atoms with Gasteiger partial charge < -0.3 is 10.5 Å². The maximum atomic E-state index is 5.87. The zero-order valence-electron chi connectivity index (χ0n) is 11.4. The summed E-state index contributed by atoms with van der Waals surface area (Å²) in [5.74, 6) is 1.76. The van der Waals surface area contributed by atoms with E-state index < -0.39 is 0 Å². The van der Waals surface area contributed by atoms with E-state index in [2.05, 4.69) is 24.3 Å². The summed E-state index contributed by atoms with van der Waals surface area (Å²) in [5.41, 5.74) is 7.07. The Hall–Kier alpha value is -1.02. The summed E-state index contributed by atoms with van der Waals surface area (Å²) in [4.78, 5) is 0. The topological polar surface area (TPSA) is 35.2 Å². The normalized spacial score (nSPS) is 18.6. The summed E-state index contributed by atoms with van der Waals surface area (Å²) in [5, 5.41) is 0. The van der Waals surface area contributed by atoms with Gasteiger partial charge in [0.15, 0.2) is 0 Å². The van der Waals surface area contributed by atoms with Gasteiger partial charge in [0.1, 0.15) is 5.75 Å². The van der Waals surface area contributed by atoms with Crippen molar-refractivity contribution in [2.45, 2.75) is 51.5 Å². The molecule has 0 amide bonds. The summed E-state index contributed by atoms with van der Waals surface area (Å²) in [6.45, 7) is 2.92. The fraction of sp³-hybridized carbons (Fsp3) is 0.625. The molecular formula is C16H25NO. The Balaban J connectivity index is 1.78. The molecule has 2 heteroatoms. The summed E-state index contributed by atoms with van der Waals surface area (Å²) >= 11 is 0. The van der Waals surface area contributed by atoms with Gasteiger partial charge in [-0.15, -0.1) is 0 Å². The first-order valence-corrected chi connectivity index (χ1v) is 7.21. The average Bonchev–Trinajstić information content (AvgIpc) is 2.38. The van der Waals surface area contributed by atoms with Crippen LogP contribution in [0.25, 0.3) is 0 Å². The molecule has 0 saturated heterocycles. The average molecular weight is 247 g/mol. The minimum atomic E-state index is 0.221. The lowest BCUT2D eigenvalue weighted by Gasteiger charge is -2.21. The molecule has 0 aliphatic heterocycles. The Kier molecular flexibility index (Phi) is 5.06. The third-order valence-corrected chi connectivity index (χ3v) is 3.69. The van der Waals surface area contributed by atoms with E-state index in [1.165, 1.54) is 37.7 Å². The van der Waals surface area contributed by atoms with Crippen LogP contribution in [0.15, 0.2) is 24.3 Å². The molecule has 1 fully saturated rings. The van der Waals surface area contributed by atoms with E-state index in [1.807, 2.05) is 6.92 Å². The van der Waals surface area contributed by atoms with Crippen molar-refractivity contribution in [2.24, 2.45) is 11.7 Å². The Morgan fingerprint density at radius 2 is 1.83 bits per heavy atom. The standard InChI is InChI=1S/C16H25NO/c1-13(17)11-14-7-9-16(10-8-14)18-12-15-5-3-2-4-6-15/h7-10,13,15H,2-6,11-12,17H2,1H3. The maximum absolute atomic E-state index is 5.87. The monoisotopic (exact) mass is 247 g/mol. The van der Waals surface area contributed by atoms with Crippen molar-refractivity contribution in [2.75, 3.05) is 6.61 Å². The van der Waals surface area contributed by atoms with Crippen LogP contribution >= 0.6 is 0 Å². The molecule has 2 rings (SSSR count). The van der Waals surface area contributed by atoms with Crippen LogP contribution in [0.3, 0.4) is 0 Å². The predicted molar refractivity (Wildman–Crippen MR) is 75.9 cm³/mol. The zero-order valence-corrected chi connectivity index (χ0v) is 11.4. The second-order valence-corrected chi connectivity index (χ2v) is 5.64. The molecule has 2 N–H and O–H groups in total. The largest absolute Gasteiger partial charge is 0.493 e. The molecular weight excluding hydrogens is 222 g/mol. The predicted octanol–water partition coefficient (Wildman–Crippen LogP) is 3.54. The van der Waals surface area contributed by atoms with E-state index in [1.54, 1.807) is 0 Å². The van der Waals surface area contributed by atoms with E-state index in [0.29, 0.717) is 0 Å². The summed E-state index contributed by atoms with van der Waals surface area (Å²) in [6, 6.07) is 8.61. The van der Waals surface area contributed by atoms with Crippen LogP contribution < -0.4 is 10.5 Å². The summed E-state index contributed by atoms with van der Waals surface area (Å²) < 4.78 is 5.87.